The zero-order chi connectivity index (χ0) is 16.7. The molecule has 0 amide bonds. The number of ether oxygens (including phenoxy) is 2. The van der Waals surface area contributed by atoms with Crippen LogP contribution in [0.1, 0.15) is 19.3 Å². The minimum atomic E-state index is -0.698. The van der Waals surface area contributed by atoms with Gasteiger partial charge in [-0.2, -0.15) is 0 Å². The first-order chi connectivity index (χ1) is 11.2. The van der Waals surface area contributed by atoms with E-state index < -0.39 is 12.2 Å². The first kappa shape index (κ1) is 17.5. The molecule has 1 aromatic rings. The van der Waals surface area contributed by atoms with Gasteiger partial charge in [0.1, 0.15) is 12.0 Å². The number of para-hydroxylation sites is 1. The van der Waals surface area contributed by atoms with Crippen molar-refractivity contribution in [3.63, 3.8) is 0 Å². The quantitative estimate of drug-likeness (QED) is 0.435. The Morgan fingerprint density at radius 2 is 2.00 bits per heavy atom. The summed E-state index contributed by atoms with van der Waals surface area (Å²) in [7, 11) is 1.54. The van der Waals surface area contributed by atoms with Crippen LogP contribution in [0.15, 0.2) is 42.2 Å². The van der Waals surface area contributed by atoms with E-state index in [2.05, 4.69) is 0 Å². The highest BCUT2D eigenvalue weighted by Gasteiger charge is 2.43. The van der Waals surface area contributed by atoms with Gasteiger partial charge < -0.3 is 24.5 Å². The van der Waals surface area contributed by atoms with Crippen molar-refractivity contribution in [2.45, 2.75) is 31.5 Å². The minimum Gasteiger partial charge on any atom is -0.501 e. The fraction of sp³-hybridized carbons (Fsp3) is 0.500. The Kier molecular flexibility index (Phi) is 6.62. The summed E-state index contributed by atoms with van der Waals surface area (Å²) in [6.07, 6.45) is 2.37. The number of rotatable bonds is 8. The molecule has 4 atom stereocenters. The van der Waals surface area contributed by atoms with Crippen LogP contribution in [0, 0.1) is 11.8 Å². The molecule has 23 heavy (non-hydrogen) atoms. The van der Waals surface area contributed by atoms with Crippen molar-refractivity contribution in [3.05, 3.63) is 42.2 Å². The van der Waals surface area contributed by atoms with E-state index >= 15 is 0 Å². The Bertz CT molecular complexity index is 513. The lowest BCUT2D eigenvalue weighted by atomic mass is 9.89. The molecule has 0 aromatic heterocycles. The van der Waals surface area contributed by atoms with E-state index in [9.17, 15) is 15.0 Å². The second-order valence-electron chi connectivity index (χ2n) is 5.72. The molecule has 0 saturated heterocycles. The van der Waals surface area contributed by atoms with Gasteiger partial charge in [-0.15, -0.1) is 0 Å². The van der Waals surface area contributed by atoms with Gasteiger partial charge in [-0.05, 0) is 18.2 Å². The number of hydrogen-bond donors (Lipinski definition) is 2. The van der Waals surface area contributed by atoms with Gasteiger partial charge in [-0.3, -0.25) is 0 Å². The van der Waals surface area contributed by atoms with Crippen LogP contribution in [0.2, 0.25) is 0 Å². The van der Waals surface area contributed by atoms with Gasteiger partial charge in [-0.25, -0.2) is 0 Å². The number of aliphatic hydroxyl groups excluding tert-OH is 2. The van der Waals surface area contributed by atoms with Gasteiger partial charge in [0.05, 0.1) is 31.7 Å². The van der Waals surface area contributed by atoms with Gasteiger partial charge in [0.25, 0.3) is 0 Å². The lowest BCUT2D eigenvalue weighted by Gasteiger charge is -2.23. The van der Waals surface area contributed by atoms with E-state index in [1.54, 1.807) is 7.11 Å². The molecule has 0 spiro atoms. The SMILES string of the molecule is COC(=CCCOc1ccccc1)[C@@H]1[C@@H](CC=O)[C@@H](O)C[C@H]1O. The van der Waals surface area contributed by atoms with Crippen LogP contribution in [-0.4, -0.2) is 42.4 Å². The summed E-state index contributed by atoms with van der Waals surface area (Å²) in [4.78, 5) is 10.8. The van der Waals surface area contributed by atoms with Crippen molar-refractivity contribution in [1.29, 1.82) is 0 Å². The zero-order valence-corrected chi connectivity index (χ0v) is 13.3. The van der Waals surface area contributed by atoms with E-state index in [0.29, 0.717) is 18.8 Å². The van der Waals surface area contributed by atoms with Crippen molar-refractivity contribution >= 4 is 6.29 Å². The molecule has 1 aliphatic rings. The number of aliphatic hydroxyl groups is 2. The predicted molar refractivity (Wildman–Crippen MR) is 85.9 cm³/mol. The Balaban J connectivity index is 1.95. The van der Waals surface area contributed by atoms with Crippen LogP contribution in [0.25, 0.3) is 0 Å². The van der Waals surface area contributed by atoms with Crippen molar-refractivity contribution < 1.29 is 24.5 Å². The molecule has 5 heteroatoms. The highest BCUT2D eigenvalue weighted by molar-refractivity contribution is 5.50. The molecular formula is C18H24O5. The minimum absolute atomic E-state index is 0.212. The van der Waals surface area contributed by atoms with Crippen molar-refractivity contribution in [2.75, 3.05) is 13.7 Å². The molecule has 0 heterocycles. The van der Waals surface area contributed by atoms with E-state index in [4.69, 9.17) is 9.47 Å². The van der Waals surface area contributed by atoms with E-state index in [1.165, 1.54) is 0 Å². The molecule has 0 unspecified atom stereocenters. The molecule has 2 N–H and O–H groups in total. The number of aldehydes is 1. The zero-order valence-electron chi connectivity index (χ0n) is 13.3. The second kappa shape index (κ2) is 8.70. The molecule has 1 saturated carbocycles. The molecule has 126 valence electrons. The maximum atomic E-state index is 10.8. The summed E-state index contributed by atoms with van der Waals surface area (Å²) >= 11 is 0. The number of methoxy groups -OCH3 is 1. The molecule has 0 aliphatic heterocycles. The average molecular weight is 320 g/mol. The monoisotopic (exact) mass is 320 g/mol. The second-order valence-corrected chi connectivity index (χ2v) is 5.72. The Morgan fingerprint density at radius 1 is 1.26 bits per heavy atom. The van der Waals surface area contributed by atoms with E-state index in [-0.39, 0.29) is 24.7 Å². The van der Waals surface area contributed by atoms with Crippen molar-refractivity contribution in [3.8, 4) is 5.75 Å². The number of carbonyl (C=O) groups is 1. The summed E-state index contributed by atoms with van der Waals surface area (Å²) in [5.41, 5.74) is 0. The van der Waals surface area contributed by atoms with Gasteiger partial charge in [0.15, 0.2) is 0 Å². The topological polar surface area (TPSA) is 76.0 Å². The third-order valence-corrected chi connectivity index (χ3v) is 4.26. The Morgan fingerprint density at radius 3 is 2.65 bits per heavy atom. The molecule has 0 radical (unpaired) electrons. The van der Waals surface area contributed by atoms with Gasteiger partial charge in [0.2, 0.25) is 0 Å². The van der Waals surface area contributed by atoms with Crippen LogP contribution in [0.4, 0.5) is 0 Å². The maximum absolute atomic E-state index is 10.8. The summed E-state index contributed by atoms with van der Waals surface area (Å²) in [5.74, 6) is 0.758. The fourth-order valence-electron chi connectivity index (χ4n) is 3.16. The molecule has 5 nitrogen and oxygen atoms in total. The lowest BCUT2D eigenvalue weighted by molar-refractivity contribution is -0.109. The normalized spacial score (nSPS) is 27.7. The summed E-state index contributed by atoms with van der Waals surface area (Å²) in [6, 6.07) is 9.52. The van der Waals surface area contributed by atoms with Crippen LogP contribution in [0.5, 0.6) is 5.75 Å². The number of carbonyl (C=O) groups excluding carboxylic acids is 1. The number of benzene rings is 1. The third-order valence-electron chi connectivity index (χ3n) is 4.26. The van der Waals surface area contributed by atoms with Gasteiger partial charge >= 0.3 is 0 Å². The lowest BCUT2D eigenvalue weighted by Crippen LogP contribution is -2.25. The van der Waals surface area contributed by atoms with E-state index in [0.717, 1.165) is 12.0 Å². The van der Waals surface area contributed by atoms with E-state index in [1.807, 2.05) is 36.4 Å². The third kappa shape index (κ3) is 4.56. The van der Waals surface area contributed by atoms with Crippen LogP contribution < -0.4 is 4.74 Å². The molecular weight excluding hydrogens is 296 g/mol. The first-order valence-electron chi connectivity index (χ1n) is 7.89. The maximum Gasteiger partial charge on any atom is 0.120 e. The van der Waals surface area contributed by atoms with Gasteiger partial charge in [0, 0.05) is 31.1 Å². The predicted octanol–water partition coefficient (Wildman–Crippen LogP) is 1.93. The largest absolute Gasteiger partial charge is 0.501 e. The Hall–Kier alpha value is -1.85. The highest BCUT2D eigenvalue weighted by Crippen LogP contribution is 2.39. The Labute approximate surface area is 136 Å². The van der Waals surface area contributed by atoms with Crippen molar-refractivity contribution in [1.82, 2.24) is 0 Å². The smallest absolute Gasteiger partial charge is 0.120 e. The summed E-state index contributed by atoms with van der Waals surface area (Å²) in [5, 5.41) is 20.2. The molecule has 1 aromatic carbocycles. The van der Waals surface area contributed by atoms with Crippen LogP contribution >= 0.6 is 0 Å². The fourth-order valence-corrected chi connectivity index (χ4v) is 3.16. The molecule has 0 bridgehead atoms. The first-order valence-corrected chi connectivity index (χ1v) is 7.89. The van der Waals surface area contributed by atoms with Crippen LogP contribution in [0.3, 0.4) is 0 Å². The molecule has 1 fully saturated rings. The summed E-state index contributed by atoms with van der Waals surface area (Å²) in [6.45, 7) is 0.487. The summed E-state index contributed by atoms with van der Waals surface area (Å²) < 4.78 is 11.0. The van der Waals surface area contributed by atoms with Crippen molar-refractivity contribution in [2.24, 2.45) is 11.8 Å². The standard InChI is InChI=1S/C18H24O5/c1-22-17(8-5-11-23-13-6-3-2-4-7-13)18-14(9-10-19)15(20)12-16(18)21/h2-4,6-8,10,14-16,18,20-21H,5,9,11-12H2,1H3/t14-,15-,16+,18+/m0/s1. The van der Waals surface area contributed by atoms with Crippen LogP contribution in [-0.2, 0) is 9.53 Å². The van der Waals surface area contributed by atoms with Gasteiger partial charge in [-0.1, -0.05) is 18.2 Å². The molecule has 2 rings (SSSR count). The average Bonchev–Trinajstić information content (AvgIpc) is 2.83. The number of hydrogen-bond acceptors (Lipinski definition) is 5. The highest BCUT2D eigenvalue weighted by atomic mass is 16.5. The molecule has 1 aliphatic carbocycles.